The van der Waals surface area contributed by atoms with E-state index in [4.69, 9.17) is 16.6 Å². The Bertz CT molecular complexity index is 895. The second-order valence-electron chi connectivity index (χ2n) is 7.19. The standard InChI is InChI=1S/C18H27N7O8S/c19-9(4-13(20)26)15(29)25-12(6-34)17(31)23-10(1-2-14(27)28)16(30)24-11(18(32)33)3-8-5-21-7-22-8/h5,7,9-12,34H,1-4,6,19H2,(H2,20,26)(H,21,22)(H,23,31)(H,24,30)(H,25,29)(H,27,28)(H,32,33). The number of carbonyl (C=O) groups excluding carboxylic acids is 4. The number of aromatic nitrogens is 2. The molecule has 4 atom stereocenters. The van der Waals surface area contributed by atoms with Crippen LogP contribution in [-0.4, -0.2) is 85.7 Å². The third-order valence-corrected chi connectivity index (χ3v) is 4.81. The Morgan fingerprint density at radius 3 is 2.09 bits per heavy atom. The van der Waals surface area contributed by atoms with Gasteiger partial charge in [-0.2, -0.15) is 12.6 Å². The van der Waals surface area contributed by atoms with Gasteiger partial charge >= 0.3 is 11.9 Å². The maximum Gasteiger partial charge on any atom is 0.326 e. The van der Waals surface area contributed by atoms with Crippen molar-refractivity contribution in [1.82, 2.24) is 25.9 Å². The van der Waals surface area contributed by atoms with E-state index >= 15 is 0 Å². The van der Waals surface area contributed by atoms with Crippen molar-refractivity contribution in [3.05, 3.63) is 18.2 Å². The molecule has 0 aliphatic heterocycles. The number of hydrogen-bond acceptors (Lipinski definition) is 9. The SMILES string of the molecule is NC(=O)CC(N)C(=O)NC(CS)C(=O)NC(CCC(=O)O)C(=O)NC(Cc1cnc[nH]1)C(=O)O. The summed E-state index contributed by atoms with van der Waals surface area (Å²) in [5.41, 5.74) is 10.9. The minimum absolute atomic E-state index is 0.145. The van der Waals surface area contributed by atoms with Crippen LogP contribution in [0.5, 0.6) is 0 Å². The fourth-order valence-corrected chi connectivity index (χ4v) is 2.94. The van der Waals surface area contributed by atoms with E-state index in [1.165, 1.54) is 12.5 Å². The van der Waals surface area contributed by atoms with Crippen molar-refractivity contribution in [1.29, 1.82) is 0 Å². The van der Waals surface area contributed by atoms with Crippen molar-refractivity contribution < 1.29 is 39.0 Å². The molecule has 1 aromatic rings. The van der Waals surface area contributed by atoms with Gasteiger partial charge in [-0.25, -0.2) is 9.78 Å². The lowest BCUT2D eigenvalue weighted by Gasteiger charge is -2.24. The van der Waals surface area contributed by atoms with Crippen LogP contribution in [0.25, 0.3) is 0 Å². The zero-order chi connectivity index (χ0) is 25.8. The molecule has 0 aromatic carbocycles. The van der Waals surface area contributed by atoms with Gasteiger partial charge < -0.3 is 42.6 Å². The predicted octanol–water partition coefficient (Wildman–Crippen LogP) is -3.51. The third-order valence-electron chi connectivity index (χ3n) is 4.45. The van der Waals surface area contributed by atoms with Gasteiger partial charge in [-0.3, -0.25) is 24.0 Å². The monoisotopic (exact) mass is 501 g/mol. The number of thiol groups is 1. The van der Waals surface area contributed by atoms with Gasteiger partial charge in [0, 0.05) is 30.5 Å². The highest BCUT2D eigenvalue weighted by Crippen LogP contribution is 2.04. The summed E-state index contributed by atoms with van der Waals surface area (Å²) in [5.74, 6) is -6.40. The van der Waals surface area contributed by atoms with Crippen molar-refractivity contribution in [2.45, 2.75) is 49.9 Å². The average Bonchev–Trinajstić information content (AvgIpc) is 3.26. The summed E-state index contributed by atoms with van der Waals surface area (Å²) in [6.07, 6.45) is 1.20. The molecule has 34 heavy (non-hydrogen) atoms. The van der Waals surface area contributed by atoms with E-state index in [1.54, 1.807) is 0 Å². The highest BCUT2D eigenvalue weighted by atomic mass is 32.1. The van der Waals surface area contributed by atoms with Gasteiger partial charge in [-0.15, -0.1) is 0 Å². The lowest BCUT2D eigenvalue weighted by Crippen LogP contribution is -2.58. The number of primary amides is 1. The molecule has 188 valence electrons. The topological polar surface area (TPSA) is 260 Å². The second kappa shape index (κ2) is 13.8. The molecule has 1 rings (SSSR count). The van der Waals surface area contributed by atoms with Crippen LogP contribution in [-0.2, 0) is 35.2 Å². The van der Waals surface area contributed by atoms with Crippen molar-refractivity contribution in [2.75, 3.05) is 5.75 Å². The Labute approximate surface area is 198 Å². The summed E-state index contributed by atoms with van der Waals surface area (Å²) in [6, 6.07) is -5.46. The number of rotatable bonds is 15. The maximum atomic E-state index is 12.7. The molecule has 0 aliphatic carbocycles. The van der Waals surface area contributed by atoms with Crippen LogP contribution < -0.4 is 27.4 Å². The molecule has 4 amide bonds. The summed E-state index contributed by atoms with van der Waals surface area (Å²) < 4.78 is 0. The summed E-state index contributed by atoms with van der Waals surface area (Å²) in [6.45, 7) is 0. The number of carbonyl (C=O) groups is 6. The minimum Gasteiger partial charge on any atom is -0.481 e. The lowest BCUT2D eigenvalue weighted by molar-refractivity contribution is -0.143. The van der Waals surface area contributed by atoms with Gasteiger partial charge in [0.1, 0.15) is 18.1 Å². The second-order valence-corrected chi connectivity index (χ2v) is 7.56. The average molecular weight is 502 g/mol. The number of aromatic amines is 1. The minimum atomic E-state index is -1.44. The quantitative estimate of drug-likeness (QED) is 0.107. The van der Waals surface area contributed by atoms with Crippen molar-refractivity contribution in [3.8, 4) is 0 Å². The van der Waals surface area contributed by atoms with E-state index in [9.17, 15) is 33.9 Å². The van der Waals surface area contributed by atoms with Crippen molar-refractivity contribution >= 4 is 48.2 Å². The van der Waals surface area contributed by atoms with E-state index in [0.717, 1.165) is 0 Å². The Kier molecular flexibility index (Phi) is 11.5. The smallest absolute Gasteiger partial charge is 0.326 e. The number of carboxylic acid groups (broad SMARTS) is 2. The first-order chi connectivity index (χ1) is 15.9. The first kappa shape index (κ1) is 28.4. The van der Waals surface area contributed by atoms with Crippen LogP contribution in [0.2, 0.25) is 0 Å². The summed E-state index contributed by atoms with van der Waals surface area (Å²) in [5, 5.41) is 25.2. The number of hydrogen-bond donors (Lipinski definition) is 9. The van der Waals surface area contributed by atoms with Gasteiger partial charge in [0.2, 0.25) is 23.6 Å². The molecule has 0 saturated heterocycles. The molecule has 0 saturated carbocycles. The molecule has 1 heterocycles. The molecule has 1 aromatic heterocycles. The number of amides is 4. The summed E-state index contributed by atoms with van der Waals surface area (Å²) >= 11 is 3.97. The number of nitrogens with two attached hydrogens (primary N) is 2. The Morgan fingerprint density at radius 1 is 1.00 bits per heavy atom. The normalized spacial score (nSPS) is 14.2. The number of H-pyrrole nitrogens is 1. The van der Waals surface area contributed by atoms with Gasteiger partial charge in [-0.1, -0.05) is 0 Å². The van der Waals surface area contributed by atoms with Gasteiger partial charge in [0.25, 0.3) is 0 Å². The van der Waals surface area contributed by atoms with Crippen LogP contribution in [0.1, 0.15) is 25.0 Å². The molecule has 15 nitrogen and oxygen atoms in total. The van der Waals surface area contributed by atoms with Gasteiger partial charge in [0.15, 0.2) is 0 Å². The number of carboxylic acids is 2. The number of nitrogens with one attached hydrogen (secondary N) is 4. The van der Waals surface area contributed by atoms with Crippen molar-refractivity contribution in [3.63, 3.8) is 0 Å². The summed E-state index contributed by atoms with van der Waals surface area (Å²) in [7, 11) is 0. The fourth-order valence-electron chi connectivity index (χ4n) is 2.68. The molecule has 0 spiro atoms. The van der Waals surface area contributed by atoms with Gasteiger partial charge in [0.05, 0.1) is 18.8 Å². The van der Waals surface area contributed by atoms with Crippen LogP contribution in [0.15, 0.2) is 12.5 Å². The van der Waals surface area contributed by atoms with Crippen LogP contribution in [0.4, 0.5) is 0 Å². The number of aliphatic carboxylic acids is 2. The molecule has 16 heteroatoms. The van der Waals surface area contributed by atoms with E-state index in [0.29, 0.717) is 5.69 Å². The number of imidazole rings is 1. The third kappa shape index (κ3) is 9.86. The molecular formula is C18H27N7O8S. The molecule has 0 aliphatic rings. The van der Waals surface area contributed by atoms with E-state index < -0.39 is 72.6 Å². The molecule has 0 radical (unpaired) electrons. The van der Waals surface area contributed by atoms with E-state index in [-0.39, 0.29) is 18.6 Å². The maximum absolute atomic E-state index is 12.7. The van der Waals surface area contributed by atoms with Gasteiger partial charge in [-0.05, 0) is 6.42 Å². The fraction of sp³-hybridized carbons (Fsp3) is 0.500. The zero-order valence-electron chi connectivity index (χ0n) is 17.9. The van der Waals surface area contributed by atoms with Crippen molar-refractivity contribution in [2.24, 2.45) is 11.5 Å². The molecule has 0 bridgehead atoms. The highest BCUT2D eigenvalue weighted by Gasteiger charge is 2.30. The predicted molar refractivity (Wildman–Crippen MR) is 118 cm³/mol. The largest absolute Gasteiger partial charge is 0.481 e. The first-order valence-electron chi connectivity index (χ1n) is 9.92. The van der Waals surface area contributed by atoms with Crippen LogP contribution >= 0.6 is 12.6 Å². The molecule has 10 N–H and O–H groups in total. The Balaban J connectivity index is 2.90. The molecule has 0 fully saturated rings. The highest BCUT2D eigenvalue weighted by molar-refractivity contribution is 7.80. The van der Waals surface area contributed by atoms with E-state index in [2.05, 4.69) is 38.5 Å². The number of nitrogens with zero attached hydrogens (tertiary/aromatic N) is 1. The van der Waals surface area contributed by atoms with Crippen LogP contribution in [0.3, 0.4) is 0 Å². The summed E-state index contributed by atoms with van der Waals surface area (Å²) in [4.78, 5) is 77.3. The molecular weight excluding hydrogens is 474 g/mol. The van der Waals surface area contributed by atoms with Crippen LogP contribution in [0, 0.1) is 0 Å². The lowest BCUT2D eigenvalue weighted by atomic mass is 10.1. The first-order valence-corrected chi connectivity index (χ1v) is 10.6. The zero-order valence-corrected chi connectivity index (χ0v) is 18.8. The van der Waals surface area contributed by atoms with E-state index in [1.807, 2.05) is 0 Å². The Hall–Kier alpha value is -3.66. The Morgan fingerprint density at radius 2 is 1.59 bits per heavy atom. The molecule has 4 unspecified atom stereocenters.